The fourth-order valence-corrected chi connectivity index (χ4v) is 9.29. The average molecular weight is 1480 g/mol. The number of amides is 1. The summed E-state index contributed by atoms with van der Waals surface area (Å²) in [6, 6.07) is 0. The molecule has 594 valence electrons. The number of unbranched alkanes of at least 4 members (excludes halogenated alkanes) is 20. The number of carbonyl (C=O) groups is 14. The van der Waals surface area contributed by atoms with Gasteiger partial charge in [-0.1, -0.05) is 13.2 Å². The molecule has 1 N–H and O–H groups in total. The summed E-state index contributed by atoms with van der Waals surface area (Å²) in [6.45, 7) is 9.26. The van der Waals surface area contributed by atoms with Gasteiger partial charge in [-0.2, -0.15) is 0 Å². The summed E-state index contributed by atoms with van der Waals surface area (Å²) in [5, 5.41) is 2.45. The fourth-order valence-electron chi connectivity index (χ4n) is 9.29. The molecule has 104 heavy (non-hydrogen) atoms. The summed E-state index contributed by atoms with van der Waals surface area (Å²) < 4.78 is 72.1. The van der Waals surface area contributed by atoms with Gasteiger partial charge in [-0.3, -0.25) is 52.7 Å². The lowest BCUT2D eigenvalue weighted by Gasteiger charge is -2.08. The molecule has 0 heterocycles. The highest BCUT2D eigenvalue weighted by molar-refractivity contribution is 5.81. The van der Waals surface area contributed by atoms with Gasteiger partial charge in [0.2, 0.25) is 0 Å². The van der Waals surface area contributed by atoms with E-state index in [0.717, 1.165) is 12.2 Å². The molecule has 0 saturated heterocycles. The summed E-state index contributed by atoms with van der Waals surface area (Å²) in [5.41, 5.74) is 0. The zero-order valence-electron chi connectivity index (χ0n) is 61.8. The van der Waals surface area contributed by atoms with E-state index in [-0.39, 0.29) is 223 Å². The van der Waals surface area contributed by atoms with Gasteiger partial charge in [-0.25, -0.2) is 14.4 Å². The lowest BCUT2D eigenvalue weighted by Crippen LogP contribution is -2.28. The maximum absolute atomic E-state index is 12.1. The van der Waals surface area contributed by atoms with Crippen molar-refractivity contribution in [2.75, 3.05) is 99.0 Å². The second-order valence-electron chi connectivity index (χ2n) is 24.4. The van der Waals surface area contributed by atoms with Gasteiger partial charge < -0.3 is 71.6 Å². The number of alkyl carbamates (subject to hydrolysis) is 1. The van der Waals surface area contributed by atoms with Gasteiger partial charge in [0.1, 0.15) is 19.8 Å². The first-order chi connectivity index (χ1) is 50.4. The monoisotopic (exact) mass is 1480 g/mol. The number of hydrogen-bond donors (Lipinski definition) is 1. The maximum Gasteiger partial charge on any atom is 0.407 e. The van der Waals surface area contributed by atoms with E-state index in [1.165, 1.54) is 0 Å². The SMILES string of the molecule is C=CC(=O)OCCCC(=O)OCCCCCC(=O)OCCCCCC(=O)OCCCCCC(=O)OCCCCCC(=O)OCCCCCC(=O)OCCOC(=O)CCCCCOC(=O)CCCCCOC(=O)CCCCCOC(=O)CCCCCOC(=O)CCCCCOC(=O)NCCOC(=O)C=C. The molecule has 0 aliphatic rings. The normalized spacial score (nSPS) is 10.6. The molecule has 0 saturated carbocycles. The lowest BCUT2D eigenvalue weighted by molar-refractivity contribution is -0.152. The van der Waals surface area contributed by atoms with Gasteiger partial charge in [0, 0.05) is 82.8 Å². The summed E-state index contributed by atoms with van der Waals surface area (Å²) >= 11 is 0. The standard InChI is InChI=1S/C75H121NO28/c1-3-62(77)91-58-35-46-74(89)100-56-33-11-21-42-70(85)96-52-29-7-17-38-66(81)92-48-25-5-15-36-64(79)93-50-27-8-18-40-68(83)97-54-31-12-22-44-72(87)102-60-61-103-73(88)45-23-13-32-55-98-69(84)41-19-9-28-51-94-65(80)37-16-6-26-49-95-67(82)39-20-10-30-53-99-71(86)43-24-14-34-57-104-75(90)76-47-59-101-63(78)4-2/h3-4H,1-2,5-61H2,(H,76,90). The highest BCUT2D eigenvalue weighted by Crippen LogP contribution is 2.13. The zero-order valence-corrected chi connectivity index (χ0v) is 61.8. The Morgan fingerprint density at radius 1 is 0.183 bits per heavy atom. The van der Waals surface area contributed by atoms with E-state index >= 15 is 0 Å². The largest absolute Gasteiger partial charge is 0.466 e. The van der Waals surface area contributed by atoms with Crippen LogP contribution in [0.2, 0.25) is 0 Å². The van der Waals surface area contributed by atoms with E-state index in [9.17, 15) is 67.1 Å². The smallest absolute Gasteiger partial charge is 0.407 e. The Morgan fingerprint density at radius 2 is 0.346 bits per heavy atom. The minimum absolute atomic E-state index is 0.0122. The number of ether oxygens (including phenoxy) is 14. The van der Waals surface area contributed by atoms with E-state index in [2.05, 4.69) is 18.5 Å². The molecule has 29 heteroatoms. The second kappa shape index (κ2) is 71.8. The van der Waals surface area contributed by atoms with Crippen molar-refractivity contribution in [1.29, 1.82) is 0 Å². The topological polar surface area (TPSA) is 380 Å². The Bertz CT molecular complexity index is 2250. The molecule has 0 unspecified atom stereocenters. The van der Waals surface area contributed by atoms with Crippen molar-refractivity contribution in [3.05, 3.63) is 25.3 Å². The van der Waals surface area contributed by atoms with Crippen LogP contribution in [0.15, 0.2) is 25.3 Å². The summed E-state index contributed by atoms with van der Waals surface area (Å²) in [6.07, 6.45) is 23.5. The van der Waals surface area contributed by atoms with Gasteiger partial charge in [0.25, 0.3) is 0 Å². The molecule has 0 spiro atoms. The number of esters is 13. The molecule has 0 rings (SSSR count). The van der Waals surface area contributed by atoms with Crippen molar-refractivity contribution in [1.82, 2.24) is 5.32 Å². The molecular weight excluding hydrogens is 1360 g/mol. The van der Waals surface area contributed by atoms with Crippen LogP contribution < -0.4 is 5.32 Å². The summed E-state index contributed by atoms with van der Waals surface area (Å²) in [5.74, 6) is -4.72. The van der Waals surface area contributed by atoms with E-state index in [0.29, 0.717) is 199 Å². The van der Waals surface area contributed by atoms with Gasteiger partial charge in [-0.15, -0.1) is 0 Å². The Hall–Kier alpha value is -8.14. The highest BCUT2D eigenvalue weighted by Gasteiger charge is 2.14. The predicted molar refractivity (Wildman–Crippen MR) is 376 cm³/mol. The first-order valence-electron chi connectivity index (χ1n) is 37.6. The minimum Gasteiger partial charge on any atom is -0.466 e. The van der Waals surface area contributed by atoms with Crippen LogP contribution in [0.25, 0.3) is 0 Å². The number of rotatable bonds is 72. The molecule has 0 aromatic rings. The Kier molecular flexibility index (Phi) is 66.2. The van der Waals surface area contributed by atoms with E-state index in [1.807, 2.05) is 0 Å². The first-order valence-corrected chi connectivity index (χ1v) is 37.6. The maximum atomic E-state index is 12.1. The van der Waals surface area contributed by atoms with Crippen molar-refractivity contribution < 1.29 is 133 Å². The second-order valence-corrected chi connectivity index (χ2v) is 24.4. The van der Waals surface area contributed by atoms with Crippen molar-refractivity contribution in [2.45, 2.75) is 270 Å². The third-order valence-electron chi connectivity index (χ3n) is 15.2. The van der Waals surface area contributed by atoms with Gasteiger partial charge >= 0.3 is 83.7 Å². The third kappa shape index (κ3) is 70.9. The minimum atomic E-state index is -0.617. The zero-order chi connectivity index (χ0) is 76.4. The number of hydrogen-bond acceptors (Lipinski definition) is 28. The molecule has 0 atom stereocenters. The van der Waals surface area contributed by atoms with Crippen LogP contribution in [0.3, 0.4) is 0 Å². The Balaban J connectivity index is 3.54. The lowest BCUT2D eigenvalue weighted by atomic mass is 10.2. The van der Waals surface area contributed by atoms with Crippen molar-refractivity contribution in [2.24, 2.45) is 0 Å². The molecule has 0 radical (unpaired) electrons. The number of nitrogens with one attached hydrogen (secondary N) is 1. The molecule has 29 nitrogen and oxygen atoms in total. The molecule has 0 bridgehead atoms. The molecule has 0 aliphatic carbocycles. The van der Waals surface area contributed by atoms with Crippen molar-refractivity contribution >= 4 is 83.7 Å². The van der Waals surface area contributed by atoms with Crippen LogP contribution in [0.4, 0.5) is 4.79 Å². The molecule has 0 aliphatic heterocycles. The van der Waals surface area contributed by atoms with E-state index in [1.54, 1.807) is 0 Å². The van der Waals surface area contributed by atoms with Crippen LogP contribution >= 0.6 is 0 Å². The number of carbonyl (C=O) groups excluding carboxylic acids is 14. The Morgan fingerprint density at radius 3 is 0.548 bits per heavy atom. The fraction of sp³-hybridized carbons (Fsp3) is 0.760. The molecule has 0 fully saturated rings. The van der Waals surface area contributed by atoms with Gasteiger partial charge in [0.05, 0.1) is 79.2 Å². The van der Waals surface area contributed by atoms with Gasteiger partial charge in [-0.05, 0) is 199 Å². The van der Waals surface area contributed by atoms with Crippen LogP contribution in [0.1, 0.15) is 270 Å². The first kappa shape index (κ1) is 95.9. The molecular formula is C75H121NO28. The molecule has 0 aromatic heterocycles. The summed E-state index contributed by atoms with van der Waals surface area (Å²) in [4.78, 5) is 166. The summed E-state index contributed by atoms with van der Waals surface area (Å²) in [7, 11) is 0. The van der Waals surface area contributed by atoms with Crippen molar-refractivity contribution in [3.63, 3.8) is 0 Å². The van der Waals surface area contributed by atoms with Gasteiger partial charge in [0.15, 0.2) is 0 Å². The van der Waals surface area contributed by atoms with Crippen LogP contribution in [0, 0.1) is 0 Å². The Labute approximate surface area is 614 Å². The highest BCUT2D eigenvalue weighted by atomic mass is 16.6. The van der Waals surface area contributed by atoms with Crippen molar-refractivity contribution in [3.8, 4) is 0 Å². The van der Waals surface area contributed by atoms with Crippen LogP contribution in [0.5, 0.6) is 0 Å². The van der Waals surface area contributed by atoms with E-state index in [4.69, 9.17) is 66.3 Å². The van der Waals surface area contributed by atoms with Crippen LogP contribution in [-0.4, -0.2) is 183 Å². The molecule has 1 amide bonds. The predicted octanol–water partition coefficient (Wildman–Crippen LogP) is 11.5. The average Bonchev–Trinajstić information content (AvgIpc) is 3.76. The quantitative estimate of drug-likeness (QED) is 0.0256. The third-order valence-corrected chi connectivity index (χ3v) is 15.2. The molecule has 0 aromatic carbocycles. The van der Waals surface area contributed by atoms with E-state index < -0.39 is 30.0 Å². The van der Waals surface area contributed by atoms with Crippen LogP contribution in [-0.2, 0) is 129 Å².